The van der Waals surface area contributed by atoms with Gasteiger partial charge in [-0.2, -0.15) is 0 Å². The number of fused-ring (bicyclic) bond motifs is 4. The van der Waals surface area contributed by atoms with E-state index in [0.717, 1.165) is 32.2 Å². The second-order valence-electron chi connectivity index (χ2n) is 21.3. The van der Waals surface area contributed by atoms with Gasteiger partial charge >= 0.3 is 0 Å². The van der Waals surface area contributed by atoms with Crippen molar-refractivity contribution in [2.24, 2.45) is 11.8 Å². The summed E-state index contributed by atoms with van der Waals surface area (Å²) in [6, 6.07) is 5.58. The van der Waals surface area contributed by atoms with Crippen molar-refractivity contribution in [1.82, 2.24) is 45.5 Å². The fraction of sp³-hybridized carbons (Fsp3) is 0.536. The van der Waals surface area contributed by atoms with Gasteiger partial charge in [0.1, 0.15) is 42.3 Å². The van der Waals surface area contributed by atoms with Gasteiger partial charge in [-0.25, -0.2) is 4.98 Å². The first-order valence-electron chi connectivity index (χ1n) is 25.9. The van der Waals surface area contributed by atoms with Crippen molar-refractivity contribution < 1.29 is 33.6 Å². The molecule has 0 saturated carbocycles. The fourth-order valence-corrected chi connectivity index (χ4v) is 10.6. The second-order valence-corrected chi connectivity index (χ2v) is 22.1. The smallest absolute Gasteiger partial charge is 0.246 e. The number of rotatable bonds is 13. The lowest BCUT2D eigenvalue weighted by atomic mass is 9.97. The summed E-state index contributed by atoms with van der Waals surface area (Å²) < 4.78 is 2.97. The van der Waals surface area contributed by atoms with Gasteiger partial charge in [0.25, 0.3) is 0 Å². The van der Waals surface area contributed by atoms with E-state index in [9.17, 15) is 28.8 Å². The van der Waals surface area contributed by atoms with E-state index in [4.69, 9.17) is 0 Å². The van der Waals surface area contributed by atoms with E-state index in [1.165, 1.54) is 47.1 Å². The zero-order valence-electron chi connectivity index (χ0n) is 44.4. The zero-order chi connectivity index (χ0) is 53.3. The van der Waals surface area contributed by atoms with E-state index in [-0.39, 0.29) is 56.9 Å². The molecule has 4 N–H and O–H groups in total. The third kappa shape index (κ3) is 13.4. The largest absolute Gasteiger partial charge is 0.343 e. The number of amides is 7. The van der Waals surface area contributed by atoms with Crippen LogP contribution in [0, 0.1) is 11.8 Å². The SMILES string of the molecule is C=CC(C)(C)n1cc(C[C@@H]2NC(=O)[C@H](CCCC)NC(=O)[C@H](CC(C)C)N3CC/C=C\C[C@@H](C3=O)N(C)C(=O)[C@H](C)NC(=O)[C@H](Cc3ccc4ncsc4c3)NC(=O)[C@H](CC(C)C)N(C)C2=O)c2ccccc21. The maximum atomic E-state index is 15.4. The highest BCUT2D eigenvalue weighted by Gasteiger charge is 2.41. The first-order chi connectivity index (χ1) is 34.6. The Morgan fingerprint density at radius 3 is 2.14 bits per heavy atom. The molecule has 7 amide bonds. The molecule has 6 rings (SSSR count). The standard InChI is InChI=1S/C56H77N9O7S/c1-12-14-21-41-49(66)61-43(31-38-32-65(56(8,9)13-2)44-22-18-17-20-39(38)44)54(71)63(11)46(27-34(3)4)51(68)60-42(29-37-24-25-40-48(30-37)73-33-57-40)50(67)58-36(7)53(70)62(10)45-23-16-15-19-26-64(55(45)72)47(28-35(5)6)52(69)59-41/h13,15-18,20,22,24-25,30,32-36,41-43,45-47H,2,12,14,19,21,23,26-29,31H2,1,3-11H3,(H,58,67)(H,59,69)(H,60,68)(H,61,66)/b16-15-/t36-,41-,42-,43-,45-,46-,47-/m0/s1. The molecule has 0 spiro atoms. The molecule has 2 aliphatic rings. The van der Waals surface area contributed by atoms with E-state index >= 15 is 4.79 Å². The van der Waals surface area contributed by atoms with Crippen LogP contribution in [-0.4, -0.2) is 129 Å². The number of carbonyl (C=O) groups is 7. The quantitative estimate of drug-likeness (QED) is 0.110. The van der Waals surface area contributed by atoms with Gasteiger partial charge in [0, 0.05) is 50.6 Å². The van der Waals surface area contributed by atoms with Crippen LogP contribution < -0.4 is 21.3 Å². The van der Waals surface area contributed by atoms with Crippen molar-refractivity contribution in [2.45, 2.75) is 161 Å². The van der Waals surface area contributed by atoms with E-state index in [1.54, 1.807) is 5.51 Å². The van der Waals surface area contributed by atoms with Crippen LogP contribution in [0.2, 0.25) is 0 Å². The van der Waals surface area contributed by atoms with E-state index in [1.807, 2.05) is 115 Å². The lowest BCUT2D eigenvalue weighted by Crippen LogP contribution is -2.61. The summed E-state index contributed by atoms with van der Waals surface area (Å²) in [7, 11) is 3.05. The summed E-state index contributed by atoms with van der Waals surface area (Å²) in [5.41, 5.74) is 4.38. The van der Waals surface area contributed by atoms with Gasteiger partial charge in [0.2, 0.25) is 41.4 Å². The molecule has 1 fully saturated rings. The zero-order valence-corrected chi connectivity index (χ0v) is 45.2. The Balaban J connectivity index is 1.50. The Kier molecular flexibility index (Phi) is 18.8. The van der Waals surface area contributed by atoms with Crippen LogP contribution in [0.1, 0.15) is 111 Å². The van der Waals surface area contributed by atoms with Gasteiger partial charge in [0.05, 0.1) is 21.3 Å². The number of para-hydroxylation sites is 1. The Morgan fingerprint density at radius 2 is 1.44 bits per heavy atom. The van der Waals surface area contributed by atoms with Crippen LogP contribution >= 0.6 is 11.3 Å². The predicted molar refractivity (Wildman–Crippen MR) is 287 cm³/mol. The number of nitrogens with zero attached hydrogens (tertiary/aromatic N) is 5. The topological polar surface area (TPSA) is 195 Å². The third-order valence-corrected chi connectivity index (χ3v) is 15.1. The molecule has 0 radical (unpaired) electrons. The van der Waals surface area contributed by atoms with Crippen molar-refractivity contribution >= 4 is 73.8 Å². The molecule has 73 heavy (non-hydrogen) atoms. The van der Waals surface area contributed by atoms with E-state index < -0.39 is 89.2 Å². The molecule has 16 nitrogen and oxygen atoms in total. The Labute approximate surface area is 434 Å². The normalized spacial score (nSPS) is 24.2. The molecule has 4 heterocycles. The van der Waals surface area contributed by atoms with Gasteiger partial charge in [-0.05, 0) is 94.0 Å². The van der Waals surface area contributed by atoms with Gasteiger partial charge in [-0.3, -0.25) is 33.6 Å². The first kappa shape index (κ1) is 55.9. The van der Waals surface area contributed by atoms with Crippen molar-refractivity contribution in [1.29, 1.82) is 0 Å². The highest BCUT2D eigenvalue weighted by atomic mass is 32.1. The molecule has 4 aromatic rings. The summed E-state index contributed by atoms with van der Waals surface area (Å²) in [4.78, 5) is 113. The number of nitrogens with one attached hydrogen (secondary N) is 4. The van der Waals surface area contributed by atoms with Crippen LogP contribution in [0.4, 0.5) is 0 Å². The second kappa shape index (κ2) is 24.6. The van der Waals surface area contributed by atoms with Gasteiger partial charge in [-0.1, -0.05) is 90.0 Å². The Hall–Kier alpha value is -6.36. The van der Waals surface area contributed by atoms with Crippen molar-refractivity contribution in [3.63, 3.8) is 0 Å². The third-order valence-electron chi connectivity index (χ3n) is 14.3. The molecule has 0 unspecified atom stereocenters. The predicted octanol–water partition coefficient (Wildman–Crippen LogP) is 6.41. The molecule has 1 saturated heterocycles. The molecule has 7 atom stereocenters. The van der Waals surface area contributed by atoms with Gasteiger partial charge < -0.3 is 40.5 Å². The minimum atomic E-state index is -1.23. The van der Waals surface area contributed by atoms with E-state index in [0.29, 0.717) is 19.3 Å². The van der Waals surface area contributed by atoms with Crippen molar-refractivity contribution in [3.8, 4) is 0 Å². The monoisotopic (exact) mass is 1020 g/mol. The van der Waals surface area contributed by atoms with E-state index in [2.05, 4.69) is 37.4 Å². The van der Waals surface area contributed by atoms with Gasteiger partial charge in [-0.15, -0.1) is 17.9 Å². The molecule has 394 valence electrons. The highest BCUT2D eigenvalue weighted by Crippen LogP contribution is 2.30. The highest BCUT2D eigenvalue weighted by molar-refractivity contribution is 7.16. The number of hydrogen-bond acceptors (Lipinski definition) is 9. The summed E-state index contributed by atoms with van der Waals surface area (Å²) in [6.45, 7) is 19.6. The fourth-order valence-electron chi connectivity index (χ4n) is 9.90. The summed E-state index contributed by atoms with van der Waals surface area (Å²) >= 11 is 1.44. The summed E-state index contributed by atoms with van der Waals surface area (Å²) in [6.07, 6.45) is 10.3. The lowest BCUT2D eigenvalue weighted by molar-refractivity contribution is -0.150. The molecular formula is C56H77N9O7S. The first-order valence-corrected chi connectivity index (χ1v) is 26.8. The number of unbranched alkanes of at least 4 members (excludes halogenated alkanes) is 1. The van der Waals surface area contributed by atoms with Crippen LogP contribution in [0.15, 0.2) is 79.0 Å². The van der Waals surface area contributed by atoms with Crippen LogP contribution in [0.3, 0.4) is 0 Å². The number of benzene rings is 2. The minimum absolute atomic E-state index is 0.0256. The number of aromatic nitrogens is 2. The number of hydrogen-bond donors (Lipinski definition) is 4. The average molecular weight is 1020 g/mol. The number of likely N-dealkylation sites (N-methyl/N-ethyl adjacent to an activating group) is 2. The van der Waals surface area contributed by atoms with Crippen LogP contribution in [-0.2, 0) is 51.9 Å². The summed E-state index contributed by atoms with van der Waals surface area (Å²) in [5.74, 6) is -4.04. The molecule has 2 bridgehead atoms. The Morgan fingerprint density at radius 1 is 0.781 bits per heavy atom. The number of thiazole rings is 1. The molecule has 2 aromatic carbocycles. The molecular weight excluding hydrogens is 943 g/mol. The maximum Gasteiger partial charge on any atom is 0.246 e. The van der Waals surface area contributed by atoms with Crippen LogP contribution in [0.25, 0.3) is 21.1 Å². The molecule has 2 aromatic heterocycles. The van der Waals surface area contributed by atoms with Crippen molar-refractivity contribution in [3.05, 3.63) is 90.1 Å². The van der Waals surface area contributed by atoms with Gasteiger partial charge in [0.15, 0.2) is 0 Å². The molecule has 17 heteroatoms. The average Bonchev–Trinajstić information content (AvgIpc) is 3.98. The maximum absolute atomic E-state index is 15.4. The Bertz CT molecular complexity index is 2690. The van der Waals surface area contributed by atoms with Crippen molar-refractivity contribution in [2.75, 3.05) is 20.6 Å². The minimum Gasteiger partial charge on any atom is -0.343 e. The number of carbonyl (C=O) groups excluding carboxylic acids is 7. The molecule has 2 aliphatic heterocycles. The number of allylic oxidation sites excluding steroid dienone is 1. The molecule has 0 aliphatic carbocycles. The lowest BCUT2D eigenvalue weighted by Gasteiger charge is -2.38. The van der Waals surface area contributed by atoms with Crippen LogP contribution in [0.5, 0.6) is 0 Å². The summed E-state index contributed by atoms with van der Waals surface area (Å²) in [5, 5.41) is 12.8.